The van der Waals surface area contributed by atoms with Gasteiger partial charge in [0.05, 0.1) is 6.10 Å². The van der Waals surface area contributed by atoms with Crippen LogP contribution in [0, 0.1) is 6.92 Å². The number of hydrogen-bond donors (Lipinski definition) is 2. The number of benzene rings is 1. The van der Waals surface area contributed by atoms with Gasteiger partial charge in [-0.25, -0.2) is 0 Å². The van der Waals surface area contributed by atoms with E-state index in [2.05, 4.69) is 0 Å². The fraction of sp³-hybridized carbons (Fsp3) is 0.400. The first-order chi connectivity index (χ1) is 6.04. The van der Waals surface area contributed by atoms with E-state index in [1.807, 2.05) is 19.1 Å². The molecule has 0 aliphatic carbocycles. The van der Waals surface area contributed by atoms with Crippen LogP contribution in [0.1, 0.15) is 24.2 Å². The summed E-state index contributed by atoms with van der Waals surface area (Å²) in [5, 5.41) is 10.4. The summed E-state index contributed by atoms with van der Waals surface area (Å²) >= 11 is 5.91. The zero-order valence-corrected chi connectivity index (χ0v) is 8.55. The minimum Gasteiger partial charge on any atom is -0.387 e. The van der Waals surface area contributed by atoms with Gasteiger partial charge >= 0.3 is 0 Å². The Balaban J connectivity index is 3.07. The molecule has 1 aromatic carbocycles. The lowest BCUT2D eigenvalue weighted by atomic mass is 9.99. The number of hydrogen-bond acceptors (Lipinski definition) is 2. The number of nitrogens with two attached hydrogens (primary N) is 1. The van der Waals surface area contributed by atoms with Crippen molar-refractivity contribution in [3.8, 4) is 0 Å². The predicted octanol–water partition coefficient (Wildman–Crippen LogP) is 2.03. The molecule has 0 heterocycles. The molecule has 0 saturated carbocycles. The third-order valence-electron chi connectivity index (χ3n) is 2.13. The number of halogens is 1. The predicted molar refractivity (Wildman–Crippen MR) is 54.8 cm³/mol. The second-order valence-corrected chi connectivity index (χ2v) is 3.67. The van der Waals surface area contributed by atoms with E-state index in [1.165, 1.54) is 0 Å². The van der Waals surface area contributed by atoms with Gasteiger partial charge < -0.3 is 10.8 Å². The van der Waals surface area contributed by atoms with E-state index in [0.717, 1.165) is 11.1 Å². The minimum atomic E-state index is -0.640. The molecule has 1 rings (SSSR count). The summed E-state index contributed by atoms with van der Waals surface area (Å²) in [7, 11) is 0. The first-order valence-electron chi connectivity index (χ1n) is 4.22. The molecule has 0 aliphatic heterocycles. The molecule has 13 heavy (non-hydrogen) atoms. The van der Waals surface area contributed by atoms with Gasteiger partial charge in [0.2, 0.25) is 0 Å². The van der Waals surface area contributed by atoms with Crippen molar-refractivity contribution < 1.29 is 5.11 Å². The van der Waals surface area contributed by atoms with Crippen molar-refractivity contribution in [2.45, 2.75) is 26.0 Å². The van der Waals surface area contributed by atoms with Crippen molar-refractivity contribution in [2.24, 2.45) is 5.73 Å². The quantitative estimate of drug-likeness (QED) is 0.766. The van der Waals surface area contributed by atoms with Crippen LogP contribution in [0.4, 0.5) is 0 Å². The van der Waals surface area contributed by atoms with Gasteiger partial charge in [0.1, 0.15) is 0 Å². The van der Waals surface area contributed by atoms with E-state index in [0.29, 0.717) is 5.02 Å². The van der Waals surface area contributed by atoms with Gasteiger partial charge in [0.15, 0.2) is 0 Å². The highest BCUT2D eigenvalue weighted by Gasteiger charge is 2.15. The van der Waals surface area contributed by atoms with Crippen LogP contribution in [0.2, 0.25) is 5.02 Å². The summed E-state index contributed by atoms with van der Waals surface area (Å²) in [4.78, 5) is 0. The lowest BCUT2D eigenvalue weighted by Gasteiger charge is -2.17. The van der Waals surface area contributed by atoms with Crippen LogP contribution < -0.4 is 5.73 Å². The highest BCUT2D eigenvalue weighted by atomic mass is 35.5. The first-order valence-corrected chi connectivity index (χ1v) is 4.60. The maximum Gasteiger partial charge on any atom is 0.0941 e. The summed E-state index contributed by atoms with van der Waals surface area (Å²) in [6, 6.07) is 5.18. The van der Waals surface area contributed by atoms with Gasteiger partial charge in [-0.1, -0.05) is 23.7 Å². The van der Waals surface area contributed by atoms with Crippen molar-refractivity contribution >= 4 is 11.6 Å². The molecule has 0 aliphatic rings. The Morgan fingerprint density at radius 2 is 2.08 bits per heavy atom. The van der Waals surface area contributed by atoms with Crippen molar-refractivity contribution in [2.75, 3.05) is 0 Å². The SMILES string of the molecule is Cc1c(Cl)cccc1[C@@H](O)[C@H](C)N. The Labute approximate surface area is 83.3 Å². The standard InChI is InChI=1S/C10H14ClNO/c1-6-8(10(13)7(2)12)4-3-5-9(6)11/h3-5,7,10,13H,12H2,1-2H3/t7-,10-/m0/s1. The van der Waals surface area contributed by atoms with Gasteiger partial charge in [0.25, 0.3) is 0 Å². The topological polar surface area (TPSA) is 46.2 Å². The van der Waals surface area contributed by atoms with E-state index in [-0.39, 0.29) is 6.04 Å². The number of rotatable bonds is 2. The normalized spacial score (nSPS) is 15.5. The molecule has 0 unspecified atom stereocenters. The molecule has 0 saturated heterocycles. The zero-order chi connectivity index (χ0) is 10.0. The molecule has 0 fully saturated rings. The van der Waals surface area contributed by atoms with Crippen molar-refractivity contribution in [3.63, 3.8) is 0 Å². The van der Waals surface area contributed by atoms with Crippen LogP contribution >= 0.6 is 11.6 Å². The van der Waals surface area contributed by atoms with Crippen molar-refractivity contribution in [3.05, 3.63) is 34.3 Å². The molecule has 2 nitrogen and oxygen atoms in total. The molecule has 0 aromatic heterocycles. The second kappa shape index (κ2) is 4.09. The van der Waals surface area contributed by atoms with Gasteiger partial charge in [-0.2, -0.15) is 0 Å². The van der Waals surface area contributed by atoms with Crippen LogP contribution in [0.5, 0.6) is 0 Å². The van der Waals surface area contributed by atoms with E-state index >= 15 is 0 Å². The average molecular weight is 200 g/mol. The van der Waals surface area contributed by atoms with Crippen LogP contribution in [-0.2, 0) is 0 Å². The maximum atomic E-state index is 9.72. The Morgan fingerprint density at radius 3 is 2.62 bits per heavy atom. The van der Waals surface area contributed by atoms with Crippen molar-refractivity contribution in [1.29, 1.82) is 0 Å². The molecule has 2 atom stereocenters. The minimum absolute atomic E-state index is 0.280. The fourth-order valence-electron chi connectivity index (χ4n) is 1.23. The zero-order valence-electron chi connectivity index (χ0n) is 7.79. The lowest BCUT2D eigenvalue weighted by molar-refractivity contribution is 0.152. The highest BCUT2D eigenvalue weighted by molar-refractivity contribution is 6.31. The largest absolute Gasteiger partial charge is 0.387 e. The molecule has 1 aromatic rings. The summed E-state index contributed by atoms with van der Waals surface area (Å²) in [5.41, 5.74) is 7.30. The number of aliphatic hydroxyl groups is 1. The third-order valence-corrected chi connectivity index (χ3v) is 2.54. The van der Waals surface area contributed by atoms with Crippen LogP contribution in [0.15, 0.2) is 18.2 Å². The molecule has 0 bridgehead atoms. The maximum absolute atomic E-state index is 9.72. The van der Waals surface area contributed by atoms with Gasteiger partial charge in [-0.15, -0.1) is 0 Å². The molecule has 0 radical (unpaired) electrons. The molecule has 0 amide bonds. The lowest BCUT2D eigenvalue weighted by Crippen LogP contribution is -2.24. The van der Waals surface area contributed by atoms with Crippen LogP contribution in [0.25, 0.3) is 0 Å². The summed E-state index contributed by atoms with van der Waals surface area (Å²) < 4.78 is 0. The third kappa shape index (κ3) is 2.21. The summed E-state index contributed by atoms with van der Waals surface area (Å²) in [6.45, 7) is 3.65. The molecular formula is C10H14ClNO. The summed E-state index contributed by atoms with van der Waals surface area (Å²) in [5.74, 6) is 0. The molecule has 0 spiro atoms. The average Bonchev–Trinajstić information content (AvgIpc) is 2.08. The van der Waals surface area contributed by atoms with Crippen LogP contribution in [-0.4, -0.2) is 11.1 Å². The van der Waals surface area contributed by atoms with Gasteiger partial charge in [0, 0.05) is 11.1 Å². The Kier molecular flexibility index (Phi) is 3.31. The van der Waals surface area contributed by atoms with E-state index in [1.54, 1.807) is 13.0 Å². The van der Waals surface area contributed by atoms with E-state index in [4.69, 9.17) is 17.3 Å². The molecule has 72 valence electrons. The van der Waals surface area contributed by atoms with Crippen LogP contribution in [0.3, 0.4) is 0 Å². The van der Waals surface area contributed by atoms with E-state index < -0.39 is 6.10 Å². The Bertz CT molecular complexity index is 299. The number of aliphatic hydroxyl groups excluding tert-OH is 1. The first kappa shape index (κ1) is 10.5. The molecule has 3 N–H and O–H groups in total. The van der Waals surface area contributed by atoms with Gasteiger partial charge in [-0.05, 0) is 31.0 Å². The summed E-state index contributed by atoms with van der Waals surface area (Å²) in [6.07, 6.45) is -0.640. The Hall–Kier alpha value is -0.570. The van der Waals surface area contributed by atoms with Crippen molar-refractivity contribution in [1.82, 2.24) is 0 Å². The smallest absolute Gasteiger partial charge is 0.0941 e. The Morgan fingerprint density at radius 1 is 1.46 bits per heavy atom. The molecule has 3 heteroatoms. The molecular weight excluding hydrogens is 186 g/mol. The monoisotopic (exact) mass is 199 g/mol. The fourth-order valence-corrected chi connectivity index (χ4v) is 1.41. The van der Waals surface area contributed by atoms with Gasteiger partial charge in [-0.3, -0.25) is 0 Å². The second-order valence-electron chi connectivity index (χ2n) is 3.26. The van der Waals surface area contributed by atoms with E-state index in [9.17, 15) is 5.11 Å². The highest BCUT2D eigenvalue weighted by Crippen LogP contribution is 2.25.